The van der Waals surface area contributed by atoms with Crippen LogP contribution in [0.1, 0.15) is 6.92 Å². The molecule has 0 unspecified atom stereocenters. The minimum atomic E-state index is -1.92. The molecule has 42 heavy (non-hydrogen) atoms. The number of benzene rings is 2. The summed E-state index contributed by atoms with van der Waals surface area (Å²) < 4.78 is 28.0. The largest absolute Gasteiger partial charge is 0.508 e. The summed E-state index contributed by atoms with van der Waals surface area (Å²) in [6, 6.07) is 7.33. The first-order valence-electron chi connectivity index (χ1n) is 12.9. The molecule has 3 heterocycles. The van der Waals surface area contributed by atoms with Crippen LogP contribution in [0.15, 0.2) is 45.6 Å². The Morgan fingerprint density at radius 2 is 1.40 bits per heavy atom. The van der Waals surface area contributed by atoms with Crippen molar-refractivity contribution in [3.63, 3.8) is 0 Å². The van der Waals surface area contributed by atoms with E-state index >= 15 is 0 Å². The Kier molecular flexibility index (Phi) is 8.30. The van der Waals surface area contributed by atoms with Crippen molar-refractivity contribution in [2.24, 2.45) is 0 Å². The lowest BCUT2D eigenvalue weighted by Crippen LogP contribution is -2.61. The van der Waals surface area contributed by atoms with E-state index in [9.17, 15) is 50.8 Å². The first kappa shape index (κ1) is 30.0. The van der Waals surface area contributed by atoms with E-state index in [2.05, 4.69) is 0 Å². The molecule has 15 nitrogen and oxygen atoms in total. The fourth-order valence-corrected chi connectivity index (χ4v) is 4.79. The van der Waals surface area contributed by atoms with Crippen LogP contribution in [0.2, 0.25) is 0 Å². The molecule has 5 rings (SSSR count). The highest BCUT2D eigenvalue weighted by molar-refractivity contribution is 5.88. The molecule has 2 aliphatic rings. The maximum Gasteiger partial charge on any atom is 0.239 e. The number of aliphatic hydroxyl groups is 6. The zero-order valence-electron chi connectivity index (χ0n) is 21.9. The van der Waals surface area contributed by atoms with Crippen LogP contribution in [0.3, 0.4) is 0 Å². The predicted molar refractivity (Wildman–Crippen MR) is 139 cm³/mol. The van der Waals surface area contributed by atoms with E-state index in [1.54, 1.807) is 0 Å². The molecule has 15 heteroatoms. The number of phenolic OH excluding ortho intramolecular Hbond substituents is 3. The molecular formula is C27H30O15. The number of hydrogen-bond acceptors (Lipinski definition) is 15. The fourth-order valence-electron chi connectivity index (χ4n) is 4.79. The van der Waals surface area contributed by atoms with Gasteiger partial charge >= 0.3 is 0 Å². The minimum absolute atomic E-state index is 0.103. The maximum atomic E-state index is 13.5. The highest BCUT2D eigenvalue weighted by Gasteiger charge is 2.47. The number of fused-ring (bicyclic) bond motifs is 1. The summed E-state index contributed by atoms with van der Waals surface area (Å²) in [5.74, 6) is -1.97. The zero-order chi connectivity index (χ0) is 30.5. The molecule has 1 aromatic heterocycles. The van der Waals surface area contributed by atoms with Gasteiger partial charge in [-0.25, -0.2) is 0 Å². The number of aromatic hydroxyl groups is 3. The summed E-state index contributed by atoms with van der Waals surface area (Å²) in [6.45, 7) is 0.866. The van der Waals surface area contributed by atoms with Gasteiger partial charge in [-0.1, -0.05) is 0 Å². The quantitative estimate of drug-likeness (QED) is 0.159. The summed E-state index contributed by atoms with van der Waals surface area (Å²) in [4.78, 5) is 13.5. The van der Waals surface area contributed by atoms with E-state index in [-0.39, 0.29) is 28.0 Å². The Balaban J connectivity index is 1.46. The molecule has 9 N–H and O–H groups in total. The molecule has 0 bridgehead atoms. The van der Waals surface area contributed by atoms with Crippen LogP contribution >= 0.6 is 0 Å². The normalized spacial score (nSPS) is 33.5. The van der Waals surface area contributed by atoms with Gasteiger partial charge in [0, 0.05) is 17.7 Å². The lowest BCUT2D eigenvalue weighted by molar-refractivity contribution is -0.318. The smallest absolute Gasteiger partial charge is 0.239 e. The predicted octanol–water partition coefficient (Wildman–Crippen LogP) is -1.39. The van der Waals surface area contributed by atoms with Crippen molar-refractivity contribution >= 4 is 11.0 Å². The molecule has 2 fully saturated rings. The summed E-state index contributed by atoms with van der Waals surface area (Å²) in [5, 5.41) is 91.4. The molecule has 0 amide bonds. The molecule has 2 aromatic carbocycles. The third-order valence-electron chi connectivity index (χ3n) is 7.18. The van der Waals surface area contributed by atoms with Crippen molar-refractivity contribution in [3.05, 3.63) is 46.6 Å². The van der Waals surface area contributed by atoms with Crippen molar-refractivity contribution in [1.82, 2.24) is 0 Å². The number of phenols is 3. The van der Waals surface area contributed by atoms with E-state index in [0.717, 1.165) is 12.1 Å². The van der Waals surface area contributed by atoms with Gasteiger partial charge in [0.2, 0.25) is 17.5 Å². The number of ether oxygens (including phenoxy) is 4. The molecule has 0 aliphatic carbocycles. The first-order valence-corrected chi connectivity index (χ1v) is 12.9. The van der Waals surface area contributed by atoms with Gasteiger partial charge in [-0.15, -0.1) is 0 Å². The van der Waals surface area contributed by atoms with Gasteiger partial charge in [-0.3, -0.25) is 4.79 Å². The third-order valence-corrected chi connectivity index (χ3v) is 7.18. The van der Waals surface area contributed by atoms with Crippen LogP contribution in [0, 0.1) is 0 Å². The van der Waals surface area contributed by atoms with Crippen LogP contribution < -0.4 is 10.2 Å². The topological polar surface area (TPSA) is 249 Å². The molecular weight excluding hydrogens is 564 g/mol. The molecule has 0 radical (unpaired) electrons. The lowest BCUT2D eigenvalue weighted by Gasteiger charge is -2.42. The second-order valence-corrected chi connectivity index (χ2v) is 10.1. The van der Waals surface area contributed by atoms with Gasteiger partial charge in [-0.2, -0.15) is 0 Å². The summed E-state index contributed by atoms with van der Waals surface area (Å²) in [5.41, 5.74) is -0.956. The van der Waals surface area contributed by atoms with E-state index in [1.165, 1.54) is 31.2 Å². The van der Waals surface area contributed by atoms with Crippen molar-refractivity contribution < 1.29 is 69.3 Å². The second kappa shape index (κ2) is 11.6. The number of hydrogen-bond donors (Lipinski definition) is 9. The van der Waals surface area contributed by atoms with Crippen LogP contribution in [-0.4, -0.2) is 114 Å². The van der Waals surface area contributed by atoms with E-state index in [1.807, 2.05) is 0 Å². The van der Waals surface area contributed by atoms with E-state index in [0.29, 0.717) is 0 Å². The first-order chi connectivity index (χ1) is 19.9. The Morgan fingerprint density at radius 3 is 2.10 bits per heavy atom. The van der Waals surface area contributed by atoms with Gasteiger partial charge in [0.05, 0.1) is 12.7 Å². The monoisotopic (exact) mass is 594 g/mol. The minimum Gasteiger partial charge on any atom is -0.508 e. The molecule has 2 saturated heterocycles. The third kappa shape index (κ3) is 5.49. The van der Waals surface area contributed by atoms with Crippen molar-refractivity contribution in [2.75, 3.05) is 6.61 Å². The number of aliphatic hydroxyl groups excluding tert-OH is 6. The molecule has 228 valence electrons. The lowest BCUT2D eigenvalue weighted by atomic mass is 9.98. The SMILES string of the molecule is C[C@@H]1O[C@H](OC[C@H]2O[C@H](Oc3c(-c4ccc(O)cc4)oc4cc(O)cc(O)c4c3=O)[C@H](O)[C@@H](O)[C@H]2O)[C@H](O)[C@H](O)[C@H]1O. The van der Waals surface area contributed by atoms with Crippen molar-refractivity contribution in [1.29, 1.82) is 0 Å². The zero-order valence-corrected chi connectivity index (χ0v) is 21.9. The average Bonchev–Trinajstić information content (AvgIpc) is 2.95. The number of rotatable bonds is 6. The highest BCUT2D eigenvalue weighted by Crippen LogP contribution is 2.37. The standard InChI is InChI=1S/C27H30O15/c1-9-17(31)20(34)22(36)26(39-9)38-8-15-18(32)21(35)23(37)27(41-15)42-25-19(33)16-13(30)6-12(29)7-14(16)40-24(25)10-2-4-11(28)5-3-10/h2-7,9,15,17-18,20-23,26-32,34-37H,8H2,1H3/t9-,15+,17-,18-,20+,21-,22+,23+,26-,27+/m0/s1. The summed E-state index contributed by atoms with van der Waals surface area (Å²) in [7, 11) is 0. The van der Waals surface area contributed by atoms with Gasteiger partial charge in [0.1, 0.15) is 70.9 Å². The van der Waals surface area contributed by atoms with Gasteiger partial charge in [-0.05, 0) is 31.2 Å². The Bertz CT molecular complexity index is 1470. The second-order valence-electron chi connectivity index (χ2n) is 10.1. The highest BCUT2D eigenvalue weighted by atomic mass is 16.7. The van der Waals surface area contributed by atoms with Crippen LogP contribution in [0.4, 0.5) is 0 Å². The fraction of sp³-hybridized carbons (Fsp3) is 0.444. The van der Waals surface area contributed by atoms with Crippen LogP contribution in [-0.2, 0) is 14.2 Å². The van der Waals surface area contributed by atoms with E-state index in [4.69, 9.17) is 23.4 Å². The molecule has 0 spiro atoms. The summed E-state index contributed by atoms with van der Waals surface area (Å²) in [6.07, 6.45) is -15.8. The Hall–Kier alpha value is -3.51. The van der Waals surface area contributed by atoms with Gasteiger partial charge < -0.3 is 69.3 Å². The van der Waals surface area contributed by atoms with Crippen molar-refractivity contribution in [2.45, 2.75) is 68.3 Å². The molecule has 3 aromatic rings. The molecule has 0 saturated carbocycles. The van der Waals surface area contributed by atoms with E-state index < -0.39 is 90.7 Å². The molecule has 10 atom stereocenters. The maximum absolute atomic E-state index is 13.5. The molecule has 2 aliphatic heterocycles. The van der Waals surface area contributed by atoms with Gasteiger partial charge in [0.25, 0.3) is 0 Å². The van der Waals surface area contributed by atoms with Crippen LogP contribution in [0.5, 0.6) is 23.0 Å². The Morgan fingerprint density at radius 1 is 0.762 bits per heavy atom. The summed E-state index contributed by atoms with van der Waals surface area (Å²) >= 11 is 0. The van der Waals surface area contributed by atoms with Crippen molar-refractivity contribution in [3.8, 4) is 34.3 Å². The Labute approximate surface area is 236 Å². The van der Waals surface area contributed by atoms with Gasteiger partial charge in [0.15, 0.2) is 12.1 Å². The average molecular weight is 595 g/mol. The van der Waals surface area contributed by atoms with Crippen LogP contribution in [0.25, 0.3) is 22.3 Å².